The summed E-state index contributed by atoms with van der Waals surface area (Å²) in [4.78, 5) is 34.2. The van der Waals surface area contributed by atoms with Crippen LogP contribution in [-0.2, 0) is 13.8 Å². The smallest absolute Gasteiger partial charge is 0.407 e. The second-order valence-corrected chi connectivity index (χ2v) is 16.3. The third-order valence-corrected chi connectivity index (χ3v) is 11.0. The predicted octanol–water partition coefficient (Wildman–Crippen LogP) is 4.75. The predicted molar refractivity (Wildman–Crippen MR) is 145 cm³/mol. The minimum absolute atomic E-state index is 0.0398. The average Bonchev–Trinajstić information content (AvgIpc) is 2.77. The summed E-state index contributed by atoms with van der Waals surface area (Å²) in [6.45, 7) is 5.13. The Balaban J connectivity index is 2.20. The van der Waals surface area contributed by atoms with Crippen LogP contribution < -0.4 is 11.1 Å². The van der Waals surface area contributed by atoms with Crippen molar-refractivity contribution in [2.75, 3.05) is 31.6 Å². The fourth-order valence-electron chi connectivity index (χ4n) is 5.02. The van der Waals surface area contributed by atoms with Gasteiger partial charge < -0.3 is 25.4 Å². The Morgan fingerprint density at radius 3 is 2.36 bits per heavy atom. The Morgan fingerprint density at radius 1 is 1.17 bits per heavy atom. The molecule has 0 radical (unpaired) electrons. The number of hydrogen-bond donors (Lipinski definition) is 5. The molecule has 0 aromatic rings. The SMILES string of the molecule is CC(C)(C)OC(=O)NC[C@H](C[P+](O)(O)C=C1CCCCC1)OP(=O)(CC1CCCCC1)C[C@H](O)CN. The molecule has 0 bridgehead atoms. The van der Waals surface area contributed by atoms with Crippen LogP contribution in [0.3, 0.4) is 0 Å². The lowest BCUT2D eigenvalue weighted by molar-refractivity contribution is 0.0503. The summed E-state index contributed by atoms with van der Waals surface area (Å²) < 4.78 is 25.5. The highest BCUT2D eigenvalue weighted by Crippen LogP contribution is 2.58. The topological polar surface area (TPSA) is 151 Å². The van der Waals surface area contributed by atoms with E-state index < -0.39 is 39.0 Å². The third kappa shape index (κ3) is 12.8. The number of carbonyl (C=O) groups excluding carboxylic acids is 1. The molecule has 0 aliphatic heterocycles. The molecule has 2 aliphatic carbocycles. The van der Waals surface area contributed by atoms with E-state index in [-0.39, 0.29) is 31.3 Å². The van der Waals surface area contributed by atoms with Gasteiger partial charge in [-0.25, -0.2) is 14.6 Å². The molecule has 0 spiro atoms. The van der Waals surface area contributed by atoms with Crippen molar-refractivity contribution >= 4 is 21.2 Å². The van der Waals surface area contributed by atoms with Crippen molar-refractivity contribution in [3.63, 3.8) is 0 Å². The van der Waals surface area contributed by atoms with Crippen LogP contribution in [0.2, 0.25) is 0 Å². The van der Waals surface area contributed by atoms with Gasteiger partial charge in [0.2, 0.25) is 7.37 Å². The number of amides is 1. The molecule has 3 atom stereocenters. The third-order valence-electron chi connectivity index (χ3n) is 6.59. The zero-order valence-corrected chi connectivity index (χ0v) is 24.2. The van der Waals surface area contributed by atoms with Gasteiger partial charge in [0.05, 0.1) is 18.8 Å². The summed E-state index contributed by atoms with van der Waals surface area (Å²) in [7, 11) is -6.92. The number of nitrogens with one attached hydrogen (secondary N) is 1. The number of ether oxygens (including phenoxy) is 1. The molecular formula is C25H49N2O7P2+. The number of carbonyl (C=O) groups is 1. The number of nitrogens with two attached hydrogens (primary N) is 1. The molecule has 2 rings (SSSR count). The van der Waals surface area contributed by atoms with Crippen molar-refractivity contribution in [1.29, 1.82) is 0 Å². The quantitative estimate of drug-likeness (QED) is 0.218. The summed E-state index contributed by atoms with van der Waals surface area (Å²) in [5.74, 6) is 1.80. The van der Waals surface area contributed by atoms with Crippen LogP contribution in [0, 0.1) is 5.92 Å². The van der Waals surface area contributed by atoms with Gasteiger partial charge in [-0.2, -0.15) is 0 Å². The number of alkyl carbamates (subject to hydrolysis) is 1. The molecule has 0 aromatic heterocycles. The van der Waals surface area contributed by atoms with Gasteiger partial charge in [0.1, 0.15) is 23.7 Å². The van der Waals surface area contributed by atoms with Crippen LogP contribution in [-0.4, -0.2) is 70.4 Å². The van der Waals surface area contributed by atoms with Gasteiger partial charge in [-0.05, 0) is 70.8 Å². The van der Waals surface area contributed by atoms with E-state index in [4.69, 9.17) is 15.0 Å². The zero-order valence-electron chi connectivity index (χ0n) is 22.4. The van der Waals surface area contributed by atoms with E-state index in [1.54, 1.807) is 26.6 Å². The summed E-state index contributed by atoms with van der Waals surface area (Å²) in [5, 5.41) is 12.9. The monoisotopic (exact) mass is 551 g/mol. The van der Waals surface area contributed by atoms with Gasteiger partial charge in [-0.1, -0.05) is 25.7 Å². The summed E-state index contributed by atoms with van der Waals surface area (Å²) in [6, 6.07) is 0. The summed E-state index contributed by atoms with van der Waals surface area (Å²) >= 11 is 0. The van der Waals surface area contributed by atoms with Gasteiger partial charge in [0, 0.05) is 12.7 Å². The number of aliphatic hydroxyl groups excluding tert-OH is 1. The van der Waals surface area contributed by atoms with Crippen molar-refractivity contribution in [1.82, 2.24) is 5.32 Å². The second kappa shape index (κ2) is 14.6. The Bertz CT molecular complexity index is 756. The fraction of sp³-hybridized carbons (Fsp3) is 0.880. The molecule has 2 fully saturated rings. The standard InChI is InChI=1S/C25H48N2O7P2/c1-25(2,3)33-24(29)27-15-23(19-35(30,31)16-20-10-6-4-7-11-20)34-36(32,18-22(28)14-26)17-21-12-8-5-9-13-21/h16,21-23,28,30-31H,4-15,17-19,26H2,1-3H3/p+1/t22-,23-,36?/m1/s1. The minimum atomic E-state index is -3.53. The van der Waals surface area contributed by atoms with Gasteiger partial charge in [-0.3, -0.25) is 4.57 Å². The van der Waals surface area contributed by atoms with E-state index in [0.29, 0.717) is 6.16 Å². The number of hydrogen-bond acceptors (Lipinski definition) is 8. The largest absolute Gasteiger partial charge is 0.444 e. The molecule has 0 saturated heterocycles. The van der Waals surface area contributed by atoms with Crippen molar-refractivity contribution in [2.24, 2.45) is 11.7 Å². The lowest BCUT2D eigenvalue weighted by atomic mass is 9.91. The van der Waals surface area contributed by atoms with Crippen LogP contribution in [0.5, 0.6) is 0 Å². The molecule has 36 heavy (non-hydrogen) atoms. The van der Waals surface area contributed by atoms with Crippen LogP contribution in [0.4, 0.5) is 4.79 Å². The van der Waals surface area contributed by atoms with Crippen LogP contribution in [0.1, 0.15) is 85.0 Å². The Hall–Kier alpha value is -0.530. The number of aliphatic hydroxyl groups is 1. The van der Waals surface area contributed by atoms with E-state index in [1.807, 2.05) is 0 Å². The molecule has 1 amide bonds. The summed E-state index contributed by atoms with van der Waals surface area (Å²) in [5.41, 5.74) is 5.96. The highest BCUT2D eigenvalue weighted by molar-refractivity contribution is 7.67. The van der Waals surface area contributed by atoms with E-state index in [2.05, 4.69) is 5.32 Å². The van der Waals surface area contributed by atoms with Crippen molar-refractivity contribution in [3.05, 3.63) is 11.4 Å². The minimum Gasteiger partial charge on any atom is -0.444 e. The van der Waals surface area contributed by atoms with Crippen molar-refractivity contribution in [3.8, 4) is 0 Å². The van der Waals surface area contributed by atoms with E-state index in [0.717, 1.165) is 69.8 Å². The number of rotatable bonds is 12. The first-order chi connectivity index (χ1) is 16.8. The molecule has 210 valence electrons. The summed E-state index contributed by atoms with van der Waals surface area (Å²) in [6.07, 6.45) is 7.59. The Morgan fingerprint density at radius 2 is 1.78 bits per heavy atom. The van der Waals surface area contributed by atoms with Gasteiger partial charge >= 0.3 is 6.09 Å². The average molecular weight is 552 g/mol. The van der Waals surface area contributed by atoms with E-state index in [1.165, 1.54) is 0 Å². The highest BCUT2D eigenvalue weighted by atomic mass is 31.2. The lowest BCUT2D eigenvalue weighted by Crippen LogP contribution is -2.39. The molecule has 6 N–H and O–H groups in total. The van der Waals surface area contributed by atoms with E-state index >= 15 is 0 Å². The van der Waals surface area contributed by atoms with Crippen LogP contribution in [0.25, 0.3) is 0 Å². The van der Waals surface area contributed by atoms with Gasteiger partial charge in [-0.15, -0.1) is 0 Å². The van der Waals surface area contributed by atoms with Gasteiger partial charge in [0.25, 0.3) is 7.72 Å². The molecule has 9 nitrogen and oxygen atoms in total. The van der Waals surface area contributed by atoms with Gasteiger partial charge in [0.15, 0.2) is 0 Å². The molecular weight excluding hydrogens is 502 g/mol. The molecule has 1 unspecified atom stereocenters. The normalized spacial score (nSPS) is 21.4. The maximum atomic E-state index is 14.1. The molecule has 0 aromatic carbocycles. The Labute approximate surface area is 217 Å². The number of allylic oxidation sites excluding steroid dienone is 1. The first-order valence-corrected chi connectivity index (χ1v) is 17.4. The molecule has 11 heteroatoms. The molecule has 2 aliphatic rings. The molecule has 2 saturated carbocycles. The zero-order chi connectivity index (χ0) is 26.8. The Kier molecular flexibility index (Phi) is 12.8. The van der Waals surface area contributed by atoms with E-state index in [9.17, 15) is 24.3 Å². The second-order valence-electron chi connectivity index (χ2n) is 11.5. The maximum absolute atomic E-state index is 14.1. The van der Waals surface area contributed by atoms with Crippen LogP contribution in [0.15, 0.2) is 11.4 Å². The maximum Gasteiger partial charge on any atom is 0.407 e. The fourth-order valence-corrected chi connectivity index (χ4v) is 9.84. The first kappa shape index (κ1) is 31.7. The lowest BCUT2D eigenvalue weighted by Gasteiger charge is -2.31. The van der Waals surface area contributed by atoms with Crippen LogP contribution >= 0.6 is 15.1 Å². The van der Waals surface area contributed by atoms with Crippen molar-refractivity contribution < 1.29 is 33.5 Å². The van der Waals surface area contributed by atoms with Crippen molar-refractivity contribution in [2.45, 2.75) is 103 Å². The first-order valence-electron chi connectivity index (χ1n) is 13.4. The highest BCUT2D eigenvalue weighted by Gasteiger charge is 2.41. The molecule has 0 heterocycles.